The summed E-state index contributed by atoms with van der Waals surface area (Å²) in [6, 6.07) is 0.701. The molecule has 0 saturated carbocycles. The third-order valence-corrected chi connectivity index (χ3v) is 4.88. The van der Waals surface area contributed by atoms with Crippen LogP contribution in [0.15, 0.2) is 12.4 Å². The van der Waals surface area contributed by atoms with Gasteiger partial charge in [-0.3, -0.25) is 9.48 Å². The average molecular weight is 320 g/mol. The summed E-state index contributed by atoms with van der Waals surface area (Å²) in [6.45, 7) is 7.18. The number of aryl methyl sites for hydroxylation is 1. The van der Waals surface area contributed by atoms with E-state index in [1.54, 1.807) is 0 Å². The van der Waals surface area contributed by atoms with Gasteiger partial charge in [-0.05, 0) is 40.0 Å². The Morgan fingerprint density at radius 1 is 1.39 bits per heavy atom. The van der Waals surface area contributed by atoms with Gasteiger partial charge in [0.05, 0.1) is 24.4 Å². The molecule has 2 saturated heterocycles. The van der Waals surface area contributed by atoms with Crippen molar-refractivity contribution >= 4 is 5.91 Å². The number of piperidine rings is 1. The minimum Gasteiger partial charge on any atom is -0.375 e. The van der Waals surface area contributed by atoms with Crippen LogP contribution in [-0.4, -0.2) is 40.0 Å². The Hall–Kier alpha value is -1.40. The van der Waals surface area contributed by atoms with Crippen molar-refractivity contribution < 1.29 is 9.53 Å². The van der Waals surface area contributed by atoms with Gasteiger partial charge in [-0.2, -0.15) is 5.10 Å². The number of hydrogen-bond donors (Lipinski definition) is 2. The maximum absolute atomic E-state index is 11.9. The number of rotatable bonds is 4. The van der Waals surface area contributed by atoms with Gasteiger partial charge in [-0.25, -0.2) is 0 Å². The lowest BCUT2D eigenvalue weighted by Gasteiger charge is -2.39. The minimum absolute atomic E-state index is 0.00464. The number of carbonyl (C=O) groups excluding carboxylic acids is 1. The first-order valence-corrected chi connectivity index (χ1v) is 8.78. The largest absolute Gasteiger partial charge is 0.375 e. The zero-order chi connectivity index (χ0) is 16.4. The highest BCUT2D eigenvalue weighted by Gasteiger charge is 2.34. The molecule has 1 aromatic rings. The van der Waals surface area contributed by atoms with Gasteiger partial charge in [0.2, 0.25) is 5.91 Å². The summed E-state index contributed by atoms with van der Waals surface area (Å²) in [7, 11) is 0. The quantitative estimate of drug-likeness (QED) is 0.887. The van der Waals surface area contributed by atoms with E-state index in [1.165, 1.54) is 0 Å². The molecule has 0 bridgehead atoms. The van der Waals surface area contributed by atoms with E-state index in [4.69, 9.17) is 4.74 Å². The molecule has 2 aliphatic rings. The van der Waals surface area contributed by atoms with Crippen LogP contribution < -0.4 is 10.6 Å². The summed E-state index contributed by atoms with van der Waals surface area (Å²) in [6.07, 6.45) is 8.00. The summed E-state index contributed by atoms with van der Waals surface area (Å²) in [5, 5.41) is 11.3. The van der Waals surface area contributed by atoms with Crippen molar-refractivity contribution in [3.8, 4) is 0 Å². The highest BCUT2D eigenvalue weighted by molar-refractivity contribution is 5.77. The van der Waals surface area contributed by atoms with Gasteiger partial charge in [-0.15, -0.1) is 0 Å². The smallest absolute Gasteiger partial charge is 0.220 e. The fraction of sp³-hybridized carbons (Fsp3) is 0.765. The van der Waals surface area contributed by atoms with Crippen molar-refractivity contribution in [1.29, 1.82) is 0 Å². The van der Waals surface area contributed by atoms with Crippen molar-refractivity contribution in [1.82, 2.24) is 20.4 Å². The molecule has 3 heterocycles. The number of nitrogens with zero attached hydrogens (tertiary/aromatic N) is 2. The second-order valence-corrected chi connectivity index (χ2v) is 6.91. The first kappa shape index (κ1) is 16.5. The van der Waals surface area contributed by atoms with E-state index in [2.05, 4.69) is 36.5 Å². The maximum Gasteiger partial charge on any atom is 0.220 e. The standard InChI is InChI=1S/C17H28N4O2/c1-4-21-10-13(9-18-21)17-15(5-6-16(22)20-17)19-14-7-11(2)23-12(3)8-14/h9-12,14-15,17,19H,4-8H2,1-3H3,(H,20,22)/t11?,12?,14?,15-,17+/m1/s1. The van der Waals surface area contributed by atoms with Crippen LogP contribution in [0.5, 0.6) is 0 Å². The lowest BCUT2D eigenvalue weighted by atomic mass is 9.91. The molecule has 6 nitrogen and oxygen atoms in total. The second kappa shape index (κ2) is 7.01. The molecule has 0 aromatic carbocycles. The van der Waals surface area contributed by atoms with Crippen LogP contribution in [0.3, 0.4) is 0 Å². The van der Waals surface area contributed by atoms with E-state index in [0.717, 1.165) is 31.4 Å². The summed E-state index contributed by atoms with van der Waals surface area (Å²) in [4.78, 5) is 11.9. The van der Waals surface area contributed by atoms with Crippen LogP contribution in [0.25, 0.3) is 0 Å². The Morgan fingerprint density at radius 3 is 2.78 bits per heavy atom. The third kappa shape index (κ3) is 3.93. The molecule has 0 aliphatic carbocycles. The lowest BCUT2D eigenvalue weighted by Crippen LogP contribution is -2.53. The minimum atomic E-state index is 0.00464. The molecule has 2 unspecified atom stereocenters. The van der Waals surface area contributed by atoms with E-state index < -0.39 is 0 Å². The van der Waals surface area contributed by atoms with Gasteiger partial charge >= 0.3 is 0 Å². The molecule has 4 atom stereocenters. The Bertz CT molecular complexity index is 534. The summed E-state index contributed by atoms with van der Waals surface area (Å²) >= 11 is 0. The Morgan fingerprint density at radius 2 is 2.13 bits per heavy atom. The molecule has 23 heavy (non-hydrogen) atoms. The number of aromatic nitrogens is 2. The second-order valence-electron chi connectivity index (χ2n) is 6.91. The molecule has 2 fully saturated rings. The van der Waals surface area contributed by atoms with Gasteiger partial charge in [0.15, 0.2) is 0 Å². The number of carbonyl (C=O) groups is 1. The Kier molecular flexibility index (Phi) is 5.02. The van der Waals surface area contributed by atoms with Crippen molar-refractivity contribution in [2.75, 3.05) is 0 Å². The van der Waals surface area contributed by atoms with Crippen LogP contribution in [-0.2, 0) is 16.1 Å². The molecular weight excluding hydrogens is 292 g/mol. The van der Waals surface area contributed by atoms with E-state index >= 15 is 0 Å². The first-order valence-electron chi connectivity index (χ1n) is 8.78. The van der Waals surface area contributed by atoms with Crippen LogP contribution >= 0.6 is 0 Å². The van der Waals surface area contributed by atoms with E-state index in [9.17, 15) is 4.79 Å². The maximum atomic E-state index is 11.9. The zero-order valence-electron chi connectivity index (χ0n) is 14.3. The number of amides is 1. The molecule has 0 radical (unpaired) electrons. The van der Waals surface area contributed by atoms with Crippen LogP contribution in [0, 0.1) is 0 Å². The molecule has 128 valence electrons. The fourth-order valence-corrected chi connectivity index (χ4v) is 3.85. The fourth-order valence-electron chi connectivity index (χ4n) is 3.85. The SMILES string of the molecule is CCn1cc([C@@H]2NC(=O)CC[C@H]2NC2CC(C)OC(C)C2)cn1. The molecular formula is C17H28N4O2. The predicted molar refractivity (Wildman–Crippen MR) is 88.0 cm³/mol. The average Bonchev–Trinajstić information content (AvgIpc) is 2.97. The summed E-state index contributed by atoms with van der Waals surface area (Å²) in [5.74, 6) is 0.131. The molecule has 1 aromatic heterocycles. The van der Waals surface area contributed by atoms with Crippen LogP contribution in [0.4, 0.5) is 0 Å². The first-order chi connectivity index (χ1) is 11.0. The highest BCUT2D eigenvalue weighted by Crippen LogP contribution is 2.27. The predicted octanol–water partition coefficient (Wildman–Crippen LogP) is 1.77. The van der Waals surface area contributed by atoms with E-state index in [-0.39, 0.29) is 30.2 Å². The topological polar surface area (TPSA) is 68.2 Å². The molecule has 1 amide bonds. The van der Waals surface area contributed by atoms with Gasteiger partial charge in [0.1, 0.15) is 0 Å². The van der Waals surface area contributed by atoms with E-state index in [1.807, 2.05) is 17.1 Å². The van der Waals surface area contributed by atoms with Gasteiger partial charge in [0.25, 0.3) is 0 Å². The van der Waals surface area contributed by atoms with Gasteiger partial charge in [0, 0.05) is 36.8 Å². The highest BCUT2D eigenvalue weighted by atomic mass is 16.5. The van der Waals surface area contributed by atoms with Gasteiger partial charge < -0.3 is 15.4 Å². The Labute approximate surface area is 138 Å². The molecule has 2 N–H and O–H groups in total. The Balaban J connectivity index is 1.71. The van der Waals surface area contributed by atoms with E-state index in [0.29, 0.717) is 12.5 Å². The number of nitrogens with one attached hydrogen (secondary N) is 2. The summed E-state index contributed by atoms with van der Waals surface area (Å²) in [5.41, 5.74) is 1.09. The number of hydrogen-bond acceptors (Lipinski definition) is 4. The van der Waals surface area contributed by atoms with Crippen molar-refractivity contribution in [2.24, 2.45) is 0 Å². The normalized spacial score (nSPS) is 35.1. The lowest BCUT2D eigenvalue weighted by molar-refractivity contribution is -0.124. The molecule has 2 aliphatic heterocycles. The van der Waals surface area contributed by atoms with Crippen LogP contribution in [0.2, 0.25) is 0 Å². The third-order valence-electron chi connectivity index (χ3n) is 4.88. The molecule has 0 spiro atoms. The molecule has 3 rings (SSSR count). The zero-order valence-corrected chi connectivity index (χ0v) is 14.3. The summed E-state index contributed by atoms with van der Waals surface area (Å²) < 4.78 is 7.74. The van der Waals surface area contributed by atoms with Crippen molar-refractivity contribution in [3.63, 3.8) is 0 Å². The van der Waals surface area contributed by atoms with Crippen molar-refractivity contribution in [2.45, 2.75) is 83.3 Å². The van der Waals surface area contributed by atoms with Gasteiger partial charge in [-0.1, -0.05) is 0 Å². The molecule has 6 heteroatoms. The monoisotopic (exact) mass is 320 g/mol. The van der Waals surface area contributed by atoms with Crippen LogP contribution in [0.1, 0.15) is 58.1 Å². The van der Waals surface area contributed by atoms with Crippen molar-refractivity contribution in [3.05, 3.63) is 18.0 Å². The number of ether oxygens (including phenoxy) is 1.